The number of thiol groups is 1. The minimum absolute atomic E-state index is 0.245. The van der Waals surface area contributed by atoms with Crippen molar-refractivity contribution < 1.29 is 9.53 Å². The second kappa shape index (κ2) is 9.27. The van der Waals surface area contributed by atoms with Crippen LogP contribution in [0.15, 0.2) is 53.2 Å². The maximum absolute atomic E-state index is 12.3. The third-order valence-electron chi connectivity index (χ3n) is 4.28. The number of ether oxygens (including phenoxy) is 1. The summed E-state index contributed by atoms with van der Waals surface area (Å²) in [4.78, 5) is 18.7. The Labute approximate surface area is 168 Å². The average molecular weight is 387 g/mol. The summed E-state index contributed by atoms with van der Waals surface area (Å²) < 4.78 is 5.50. The highest BCUT2D eigenvalue weighted by atomic mass is 32.1. The molecule has 0 unspecified atom stereocenters. The van der Waals surface area contributed by atoms with Crippen molar-refractivity contribution in [2.24, 2.45) is 4.99 Å². The van der Waals surface area contributed by atoms with Crippen molar-refractivity contribution in [1.82, 2.24) is 4.90 Å². The van der Waals surface area contributed by atoms with Crippen LogP contribution in [0.5, 0.6) is 0 Å². The highest BCUT2D eigenvalue weighted by Gasteiger charge is 2.26. The van der Waals surface area contributed by atoms with Gasteiger partial charge in [0.1, 0.15) is 5.60 Å². The number of aliphatic imine (C=N–C) groups is 1. The lowest BCUT2D eigenvalue weighted by Crippen LogP contribution is -2.40. The van der Waals surface area contributed by atoms with E-state index in [-0.39, 0.29) is 6.09 Å². The number of allylic oxidation sites excluding steroid dienone is 1. The number of rotatable bonds is 4. The van der Waals surface area contributed by atoms with Crippen LogP contribution < -0.4 is 0 Å². The first-order valence-electron chi connectivity index (χ1n) is 9.31. The summed E-state index contributed by atoms with van der Waals surface area (Å²) in [6.07, 6.45) is 1.33. The van der Waals surface area contributed by atoms with E-state index in [1.54, 1.807) is 4.90 Å². The predicted molar refractivity (Wildman–Crippen MR) is 117 cm³/mol. The zero-order valence-electron chi connectivity index (χ0n) is 16.8. The van der Waals surface area contributed by atoms with Crippen molar-refractivity contribution >= 4 is 30.0 Å². The topological polar surface area (TPSA) is 41.9 Å². The number of piperidine rings is 1. The Hall–Kier alpha value is -2.01. The molecule has 1 aliphatic rings. The second-order valence-electron chi connectivity index (χ2n) is 7.76. The molecular formula is C22H30N2O2S. The lowest BCUT2D eigenvalue weighted by molar-refractivity contribution is 0.0236. The van der Waals surface area contributed by atoms with Crippen LogP contribution in [0.25, 0.3) is 5.57 Å². The predicted octanol–water partition coefficient (Wildman–Crippen LogP) is 5.38. The molecule has 5 heteroatoms. The van der Waals surface area contributed by atoms with Gasteiger partial charge in [-0.2, -0.15) is 12.6 Å². The molecule has 0 N–H and O–H groups in total. The van der Waals surface area contributed by atoms with Crippen LogP contribution in [0.4, 0.5) is 4.79 Å². The molecule has 2 rings (SSSR count). The molecule has 0 atom stereocenters. The van der Waals surface area contributed by atoms with E-state index in [4.69, 9.17) is 4.74 Å². The van der Waals surface area contributed by atoms with E-state index < -0.39 is 5.60 Å². The summed E-state index contributed by atoms with van der Waals surface area (Å²) in [6.45, 7) is 13.1. The van der Waals surface area contributed by atoms with Crippen molar-refractivity contribution in [3.05, 3.63) is 53.7 Å². The molecule has 0 aliphatic carbocycles. The standard InChI is InChI=1S/C22H30N2O2S/c1-16(15-27)23-17(2)20(18-9-7-6-8-10-18)19-11-13-24(14-12-19)21(25)26-22(3,4)5/h6-10,27H,2,11-15H2,1,3-5H3/b23-16-. The normalized spacial score (nSPS) is 15.5. The van der Waals surface area contributed by atoms with Gasteiger partial charge in [-0.25, -0.2) is 4.79 Å². The van der Waals surface area contributed by atoms with Gasteiger partial charge < -0.3 is 9.64 Å². The number of hydrogen-bond acceptors (Lipinski definition) is 4. The lowest BCUT2D eigenvalue weighted by atomic mass is 9.91. The Morgan fingerprint density at radius 3 is 2.33 bits per heavy atom. The highest BCUT2D eigenvalue weighted by molar-refractivity contribution is 7.81. The first kappa shape index (κ1) is 21.3. The van der Waals surface area contributed by atoms with E-state index in [9.17, 15) is 4.79 Å². The Morgan fingerprint density at radius 1 is 1.22 bits per heavy atom. The minimum Gasteiger partial charge on any atom is -0.444 e. The zero-order chi connectivity index (χ0) is 20.0. The Balaban J connectivity index is 2.25. The fourth-order valence-corrected chi connectivity index (χ4v) is 3.11. The number of carbonyl (C=O) groups excluding carboxylic acids is 1. The Kier molecular flexibility index (Phi) is 7.31. The van der Waals surface area contributed by atoms with Gasteiger partial charge in [-0.3, -0.25) is 4.99 Å². The molecule has 146 valence electrons. The van der Waals surface area contributed by atoms with Crippen LogP contribution >= 0.6 is 12.6 Å². The molecule has 1 heterocycles. The van der Waals surface area contributed by atoms with E-state index in [2.05, 4.69) is 36.3 Å². The van der Waals surface area contributed by atoms with Crippen LogP contribution in [0.1, 0.15) is 46.1 Å². The molecular weight excluding hydrogens is 356 g/mol. The largest absolute Gasteiger partial charge is 0.444 e. The van der Waals surface area contributed by atoms with Gasteiger partial charge >= 0.3 is 6.09 Å². The first-order chi connectivity index (χ1) is 12.7. The smallest absolute Gasteiger partial charge is 0.410 e. The minimum atomic E-state index is -0.476. The molecule has 4 nitrogen and oxygen atoms in total. The van der Waals surface area contributed by atoms with Gasteiger partial charge in [0.2, 0.25) is 0 Å². The molecule has 1 saturated heterocycles. The third kappa shape index (κ3) is 6.28. The molecule has 0 bridgehead atoms. The number of hydrogen-bond donors (Lipinski definition) is 1. The summed E-state index contributed by atoms with van der Waals surface area (Å²) in [6, 6.07) is 10.2. The number of carbonyl (C=O) groups is 1. The van der Waals surface area contributed by atoms with Crippen LogP contribution in [0.3, 0.4) is 0 Å². The fourth-order valence-electron chi connectivity index (χ4n) is 3.04. The quantitative estimate of drug-likeness (QED) is 0.558. The van der Waals surface area contributed by atoms with Crippen LogP contribution in [-0.2, 0) is 4.74 Å². The van der Waals surface area contributed by atoms with Gasteiger partial charge in [0.05, 0.1) is 5.70 Å². The molecule has 1 aliphatic heterocycles. The van der Waals surface area contributed by atoms with Gasteiger partial charge in [0.25, 0.3) is 0 Å². The molecule has 0 aromatic heterocycles. The van der Waals surface area contributed by atoms with Crippen molar-refractivity contribution in [2.45, 2.75) is 46.1 Å². The summed E-state index contributed by atoms with van der Waals surface area (Å²) in [5, 5.41) is 0. The van der Waals surface area contributed by atoms with Crippen molar-refractivity contribution in [2.75, 3.05) is 18.8 Å². The van der Waals surface area contributed by atoms with Gasteiger partial charge in [0.15, 0.2) is 0 Å². The van der Waals surface area contributed by atoms with Gasteiger partial charge in [-0.05, 0) is 46.1 Å². The maximum Gasteiger partial charge on any atom is 0.410 e. The monoisotopic (exact) mass is 386 g/mol. The Bertz CT molecular complexity index is 735. The van der Waals surface area contributed by atoms with Gasteiger partial charge in [-0.15, -0.1) is 0 Å². The molecule has 0 spiro atoms. The molecule has 0 saturated carbocycles. The summed E-state index contributed by atoms with van der Waals surface area (Å²) >= 11 is 4.30. The molecule has 27 heavy (non-hydrogen) atoms. The van der Waals surface area contributed by atoms with Crippen LogP contribution in [0.2, 0.25) is 0 Å². The van der Waals surface area contributed by atoms with E-state index in [1.807, 2.05) is 45.9 Å². The molecule has 1 amide bonds. The fraction of sp³-hybridized carbons (Fsp3) is 0.455. The van der Waals surface area contributed by atoms with Crippen LogP contribution in [0, 0.1) is 0 Å². The molecule has 0 radical (unpaired) electrons. The summed E-state index contributed by atoms with van der Waals surface area (Å²) in [5.41, 5.74) is 4.69. The number of benzene rings is 1. The van der Waals surface area contributed by atoms with Gasteiger partial charge in [0, 0.05) is 30.1 Å². The van der Waals surface area contributed by atoms with Crippen molar-refractivity contribution in [3.63, 3.8) is 0 Å². The van der Waals surface area contributed by atoms with Crippen LogP contribution in [-0.4, -0.2) is 41.1 Å². The first-order valence-corrected chi connectivity index (χ1v) is 9.94. The zero-order valence-corrected chi connectivity index (χ0v) is 17.7. The van der Waals surface area contributed by atoms with E-state index >= 15 is 0 Å². The van der Waals surface area contributed by atoms with E-state index in [0.717, 1.165) is 35.4 Å². The summed E-state index contributed by atoms with van der Waals surface area (Å²) in [7, 11) is 0. The Morgan fingerprint density at radius 2 is 1.81 bits per heavy atom. The SMILES string of the molecule is C=C(/N=C(/C)CS)C(=C1CCN(C(=O)OC(C)(C)C)CC1)c1ccccc1. The summed E-state index contributed by atoms with van der Waals surface area (Å²) in [5.74, 6) is 0.600. The third-order valence-corrected chi connectivity index (χ3v) is 4.74. The average Bonchev–Trinajstić information content (AvgIpc) is 2.62. The van der Waals surface area contributed by atoms with E-state index in [0.29, 0.717) is 18.8 Å². The molecule has 1 fully saturated rings. The van der Waals surface area contributed by atoms with Crippen molar-refractivity contribution in [3.8, 4) is 0 Å². The number of nitrogens with zero attached hydrogens (tertiary/aromatic N) is 2. The van der Waals surface area contributed by atoms with E-state index in [1.165, 1.54) is 5.57 Å². The maximum atomic E-state index is 12.3. The molecule has 1 aromatic rings. The highest BCUT2D eigenvalue weighted by Crippen LogP contribution is 2.32. The lowest BCUT2D eigenvalue weighted by Gasteiger charge is -2.32. The number of likely N-dealkylation sites (tertiary alicyclic amines) is 1. The molecule has 1 aromatic carbocycles. The number of amides is 1. The van der Waals surface area contributed by atoms with Gasteiger partial charge in [-0.1, -0.05) is 42.5 Å². The second-order valence-corrected chi connectivity index (χ2v) is 8.08. The van der Waals surface area contributed by atoms with Crippen molar-refractivity contribution in [1.29, 1.82) is 0 Å².